The van der Waals surface area contributed by atoms with E-state index in [1.807, 2.05) is 11.3 Å². The summed E-state index contributed by atoms with van der Waals surface area (Å²) >= 11 is 1.84. The molecule has 0 bridgehead atoms. The van der Waals surface area contributed by atoms with Crippen LogP contribution in [0, 0.1) is 11.3 Å². The van der Waals surface area contributed by atoms with Crippen molar-refractivity contribution in [3.8, 4) is 0 Å². The Hall–Kier alpha value is -0.930. The lowest BCUT2D eigenvalue weighted by Gasteiger charge is -2.30. The Morgan fingerprint density at radius 2 is 2.00 bits per heavy atom. The smallest absolute Gasteiger partial charge is 0.0942 e. The second kappa shape index (κ2) is 6.02. The first kappa shape index (κ1) is 14.5. The van der Waals surface area contributed by atoms with Gasteiger partial charge in [-0.3, -0.25) is 0 Å². The monoisotopic (exact) mass is 276 g/mol. The van der Waals surface area contributed by atoms with Crippen LogP contribution in [-0.4, -0.2) is 18.1 Å². The average Bonchev–Trinajstić information content (AvgIpc) is 2.75. The Kier molecular flexibility index (Phi) is 4.58. The molecule has 0 saturated heterocycles. The van der Waals surface area contributed by atoms with Gasteiger partial charge in [0.05, 0.1) is 15.2 Å². The molecular formula is C16H24N2S. The second-order valence-corrected chi connectivity index (χ2v) is 7.27. The van der Waals surface area contributed by atoms with Crippen molar-refractivity contribution < 1.29 is 0 Å². The van der Waals surface area contributed by atoms with E-state index < -0.39 is 0 Å². The molecule has 0 fully saturated rings. The maximum Gasteiger partial charge on any atom is 0.0942 e. The van der Waals surface area contributed by atoms with Crippen LogP contribution in [0.15, 0.2) is 24.3 Å². The molecule has 0 spiro atoms. The van der Waals surface area contributed by atoms with E-state index in [0.717, 1.165) is 25.0 Å². The molecule has 2 nitrogen and oxygen atoms in total. The molecule has 1 aromatic carbocycles. The first-order valence-corrected chi connectivity index (χ1v) is 7.87. The van der Waals surface area contributed by atoms with Crippen molar-refractivity contribution in [3.05, 3.63) is 29.3 Å². The van der Waals surface area contributed by atoms with E-state index in [-0.39, 0.29) is 0 Å². The Bertz CT molecular complexity index is 492. The lowest BCUT2D eigenvalue weighted by Crippen LogP contribution is -2.33. The second-order valence-electron chi connectivity index (χ2n) is 6.15. The van der Waals surface area contributed by atoms with Crippen LogP contribution in [0.2, 0.25) is 0 Å². The molecule has 19 heavy (non-hydrogen) atoms. The van der Waals surface area contributed by atoms with Crippen LogP contribution in [0.3, 0.4) is 0 Å². The summed E-state index contributed by atoms with van der Waals surface area (Å²) in [6.45, 7) is 11.2. The molecule has 1 aromatic heterocycles. The lowest BCUT2D eigenvalue weighted by molar-refractivity contribution is 0.232. The first-order chi connectivity index (χ1) is 9.00. The normalized spacial score (nSPS) is 13.9. The Morgan fingerprint density at radius 1 is 1.26 bits per heavy atom. The van der Waals surface area contributed by atoms with Crippen molar-refractivity contribution in [2.24, 2.45) is 11.3 Å². The van der Waals surface area contributed by atoms with Crippen molar-refractivity contribution in [2.45, 2.75) is 34.1 Å². The number of rotatable bonds is 5. The molecule has 1 unspecified atom stereocenters. The molecule has 0 radical (unpaired) electrons. The molecule has 3 heteroatoms. The van der Waals surface area contributed by atoms with E-state index >= 15 is 0 Å². The summed E-state index contributed by atoms with van der Waals surface area (Å²) in [7, 11) is 0. The van der Waals surface area contributed by atoms with Gasteiger partial charge in [-0.25, -0.2) is 4.98 Å². The fraction of sp³-hybridized carbons (Fsp3) is 0.562. The van der Waals surface area contributed by atoms with Crippen LogP contribution in [0.5, 0.6) is 0 Å². The summed E-state index contributed by atoms with van der Waals surface area (Å²) in [6.07, 6.45) is 1.07. The van der Waals surface area contributed by atoms with Crippen molar-refractivity contribution in [1.29, 1.82) is 0 Å². The van der Waals surface area contributed by atoms with Gasteiger partial charge >= 0.3 is 0 Å². The Morgan fingerprint density at radius 3 is 2.63 bits per heavy atom. The van der Waals surface area contributed by atoms with E-state index in [9.17, 15) is 0 Å². The minimum atomic E-state index is 0.306. The molecule has 0 saturated carbocycles. The third-order valence-corrected chi connectivity index (χ3v) is 4.68. The van der Waals surface area contributed by atoms with Gasteiger partial charge in [-0.15, -0.1) is 11.3 Å². The van der Waals surface area contributed by atoms with Crippen LogP contribution >= 0.6 is 11.3 Å². The van der Waals surface area contributed by atoms with Crippen LogP contribution < -0.4 is 5.32 Å². The predicted molar refractivity (Wildman–Crippen MR) is 84.8 cm³/mol. The topological polar surface area (TPSA) is 24.9 Å². The van der Waals surface area contributed by atoms with E-state index in [0.29, 0.717) is 11.3 Å². The fourth-order valence-corrected chi connectivity index (χ4v) is 3.27. The highest BCUT2D eigenvalue weighted by Gasteiger charge is 2.25. The third-order valence-electron chi connectivity index (χ3n) is 3.62. The quantitative estimate of drug-likeness (QED) is 0.889. The van der Waals surface area contributed by atoms with Gasteiger partial charge in [0.2, 0.25) is 0 Å². The van der Waals surface area contributed by atoms with Crippen LogP contribution in [-0.2, 0) is 6.42 Å². The number of benzene rings is 1. The predicted octanol–water partition coefficient (Wildman–Crippen LogP) is 4.11. The number of nitrogens with zero attached hydrogens (tertiary/aromatic N) is 1. The molecule has 2 rings (SSSR count). The van der Waals surface area contributed by atoms with Gasteiger partial charge in [-0.1, -0.05) is 39.8 Å². The molecule has 2 aromatic rings. The first-order valence-electron chi connectivity index (χ1n) is 7.06. The van der Waals surface area contributed by atoms with Crippen LogP contribution in [0.25, 0.3) is 10.2 Å². The van der Waals surface area contributed by atoms with Gasteiger partial charge in [0.25, 0.3) is 0 Å². The van der Waals surface area contributed by atoms with Crippen LogP contribution in [0.1, 0.15) is 32.7 Å². The highest BCUT2D eigenvalue weighted by Crippen LogP contribution is 2.31. The highest BCUT2D eigenvalue weighted by atomic mass is 32.1. The molecule has 1 atom stereocenters. The van der Waals surface area contributed by atoms with E-state index in [4.69, 9.17) is 4.98 Å². The minimum Gasteiger partial charge on any atom is -0.317 e. The maximum absolute atomic E-state index is 4.76. The van der Waals surface area contributed by atoms with Crippen LogP contribution in [0.4, 0.5) is 0 Å². The number of nitrogens with one attached hydrogen (secondary N) is 1. The number of para-hydroxylation sites is 1. The van der Waals surface area contributed by atoms with Gasteiger partial charge in [0.15, 0.2) is 0 Å². The average molecular weight is 276 g/mol. The molecule has 0 aliphatic heterocycles. The summed E-state index contributed by atoms with van der Waals surface area (Å²) in [4.78, 5) is 4.76. The van der Waals surface area contributed by atoms with Crippen molar-refractivity contribution >= 4 is 21.6 Å². The number of thiazole rings is 1. The molecule has 0 aliphatic carbocycles. The SMILES string of the molecule is CCNCC(Cc1nc2ccccc2s1)C(C)(C)C. The minimum absolute atomic E-state index is 0.306. The van der Waals surface area contributed by atoms with Gasteiger partial charge in [0, 0.05) is 6.42 Å². The van der Waals surface area contributed by atoms with Gasteiger partial charge in [-0.05, 0) is 36.6 Å². The summed E-state index contributed by atoms with van der Waals surface area (Å²) in [6, 6.07) is 8.41. The highest BCUT2D eigenvalue weighted by molar-refractivity contribution is 7.18. The van der Waals surface area contributed by atoms with Gasteiger partial charge in [-0.2, -0.15) is 0 Å². The zero-order valence-electron chi connectivity index (χ0n) is 12.4. The van der Waals surface area contributed by atoms with Crippen molar-refractivity contribution in [3.63, 3.8) is 0 Å². The van der Waals surface area contributed by atoms with Crippen molar-refractivity contribution in [2.75, 3.05) is 13.1 Å². The van der Waals surface area contributed by atoms with E-state index in [2.05, 4.69) is 57.3 Å². The van der Waals surface area contributed by atoms with Gasteiger partial charge < -0.3 is 5.32 Å². The van der Waals surface area contributed by atoms with E-state index in [1.165, 1.54) is 9.71 Å². The summed E-state index contributed by atoms with van der Waals surface area (Å²) in [5, 5.41) is 4.75. The zero-order valence-corrected chi connectivity index (χ0v) is 13.2. The Balaban J connectivity index is 2.15. The number of hydrogen-bond donors (Lipinski definition) is 1. The standard InChI is InChI=1S/C16H24N2S/c1-5-17-11-12(16(2,3)4)10-15-18-13-8-6-7-9-14(13)19-15/h6-9,12,17H,5,10-11H2,1-4H3. The number of fused-ring (bicyclic) bond motifs is 1. The zero-order chi connectivity index (χ0) is 13.9. The maximum atomic E-state index is 4.76. The molecule has 1 heterocycles. The Labute approximate surface area is 120 Å². The fourth-order valence-electron chi connectivity index (χ4n) is 2.22. The van der Waals surface area contributed by atoms with E-state index in [1.54, 1.807) is 0 Å². The number of aromatic nitrogens is 1. The number of hydrogen-bond acceptors (Lipinski definition) is 3. The third kappa shape index (κ3) is 3.77. The van der Waals surface area contributed by atoms with Crippen molar-refractivity contribution in [1.82, 2.24) is 10.3 Å². The molecule has 0 aliphatic rings. The lowest BCUT2D eigenvalue weighted by atomic mass is 9.79. The summed E-state index contributed by atoms with van der Waals surface area (Å²) < 4.78 is 1.30. The molecule has 1 N–H and O–H groups in total. The summed E-state index contributed by atoms with van der Waals surface area (Å²) in [5.41, 5.74) is 1.44. The largest absolute Gasteiger partial charge is 0.317 e. The summed E-state index contributed by atoms with van der Waals surface area (Å²) in [5.74, 6) is 0.619. The molecule has 104 valence electrons. The molecular weight excluding hydrogens is 252 g/mol. The van der Waals surface area contributed by atoms with Gasteiger partial charge in [0.1, 0.15) is 0 Å². The molecule has 0 amide bonds.